The zero-order valence-corrected chi connectivity index (χ0v) is 68.7. The third-order valence-corrected chi connectivity index (χ3v) is 17.6. The van der Waals surface area contributed by atoms with Gasteiger partial charge in [0.05, 0.1) is 16.5 Å². The van der Waals surface area contributed by atoms with Crippen molar-refractivity contribution in [1.82, 2.24) is 0 Å². The first-order chi connectivity index (χ1) is 53.7. The molecule has 0 saturated heterocycles. The number of phenols is 6. The second kappa shape index (κ2) is 46.9. The fourth-order valence-electron chi connectivity index (χ4n) is 13.0. The maximum atomic E-state index is 12.5. The second-order valence-corrected chi connectivity index (χ2v) is 26.0. The van der Waals surface area contributed by atoms with Gasteiger partial charge in [-0.3, -0.25) is 0 Å². The van der Waals surface area contributed by atoms with Gasteiger partial charge in [0, 0.05) is 34.2 Å². The molecule has 0 aromatic heterocycles. The van der Waals surface area contributed by atoms with Crippen LogP contribution >= 0.6 is 0 Å². The van der Waals surface area contributed by atoms with Crippen LogP contribution in [0.3, 0.4) is 0 Å². The lowest BCUT2D eigenvalue weighted by Gasteiger charge is -2.36. The summed E-state index contributed by atoms with van der Waals surface area (Å²) in [6.07, 6.45) is 8.54. The van der Waals surface area contributed by atoms with Crippen LogP contribution in [0.4, 0.5) is 0 Å². The van der Waals surface area contributed by atoms with Crippen LogP contribution < -0.4 is 4.74 Å². The molecule has 2 aliphatic carbocycles. The third kappa shape index (κ3) is 23.6. The maximum Gasteiger partial charge on any atom is 0.344 e. The van der Waals surface area contributed by atoms with Crippen LogP contribution in [0, 0.1) is 6.92 Å². The van der Waals surface area contributed by atoms with Crippen molar-refractivity contribution >= 4 is 28.7 Å². The van der Waals surface area contributed by atoms with Gasteiger partial charge in [0.25, 0.3) is 0 Å². The van der Waals surface area contributed by atoms with Crippen LogP contribution in [-0.2, 0) is 30.0 Å². The van der Waals surface area contributed by atoms with Gasteiger partial charge in [-0.2, -0.15) is 0 Å². The van der Waals surface area contributed by atoms with Crippen LogP contribution in [0.5, 0.6) is 46.0 Å². The number of hydrogen-bond acceptors (Lipinski definition) is 13. The van der Waals surface area contributed by atoms with Gasteiger partial charge >= 0.3 is 17.9 Å². The molecule has 1 fully saturated rings. The van der Waals surface area contributed by atoms with E-state index in [0.717, 1.165) is 65.1 Å². The van der Waals surface area contributed by atoms with Gasteiger partial charge in [0.2, 0.25) is 0 Å². The fourth-order valence-corrected chi connectivity index (χ4v) is 13.0. The molecule has 4 aliphatic rings. The minimum Gasteiger partial charge on any atom is -0.508 e. The van der Waals surface area contributed by atoms with Gasteiger partial charge in [-0.25, -0.2) is 14.4 Å². The third-order valence-electron chi connectivity index (χ3n) is 17.6. The molecule has 111 heavy (non-hydrogen) atoms. The molecule has 13 nitrogen and oxygen atoms in total. The lowest BCUT2D eigenvalue weighted by atomic mass is 9.68. The molecule has 2 aliphatic heterocycles. The maximum absolute atomic E-state index is 12.5. The monoisotopic (exact) mass is 1500 g/mol. The van der Waals surface area contributed by atoms with E-state index in [0.29, 0.717) is 56.7 Å². The average molecular weight is 1510 g/mol. The van der Waals surface area contributed by atoms with E-state index in [2.05, 4.69) is 104 Å². The molecule has 1 spiro atoms. The zero-order chi connectivity index (χ0) is 82.3. The standard InChI is InChI=1S/C25H18O2.C20H12O5.C19H26O4.C10H8O.C7H8O.3C3H8.4C2H6/c26-19-13-9-17(10-14-19)25(18-11-15-20(27)16-12-18)23-7-3-1-5-21(23)22-6-2-4-8-24(22)25;21-11-5-7-15-17(9-11)24-18-10-12(22)6-8-16(18)20(15)14-4-2-1-3-13(14)19(23)25-20;1-4-19(11-5-6-12-19)23-17(20)13-22-18(21)16-9-7-15(8-10-16)14(2)3;11-10-7-3-5-8-4-1-2-6-9(8)10;1-6-3-2-4-7(8)5-6;3*1-3-2;4*1-2/h1-16,26-27H;1-10,21-22H;7-10,14H,4-6,11-13H2,1-3H3;1-7,11H;2-5,8H,1H3;3*3H2,1-2H3;4*1-2H3. The summed E-state index contributed by atoms with van der Waals surface area (Å²) in [7, 11) is 0. The quantitative estimate of drug-likeness (QED) is 0.0619. The van der Waals surface area contributed by atoms with Gasteiger partial charge in [-0.15, -0.1) is 0 Å². The molecule has 590 valence electrons. The summed E-state index contributed by atoms with van der Waals surface area (Å²) >= 11 is 0. The lowest BCUT2D eigenvalue weighted by molar-refractivity contribution is -0.163. The van der Waals surface area contributed by atoms with Crippen molar-refractivity contribution in [2.45, 2.75) is 199 Å². The molecule has 0 bridgehead atoms. The van der Waals surface area contributed by atoms with Crippen molar-refractivity contribution in [3.63, 3.8) is 0 Å². The summed E-state index contributed by atoms with van der Waals surface area (Å²) in [6, 6.07) is 76.2. The zero-order valence-electron chi connectivity index (χ0n) is 68.7. The van der Waals surface area contributed by atoms with Crippen molar-refractivity contribution < 1.29 is 64.0 Å². The molecule has 11 aromatic carbocycles. The number of hydrogen-bond donors (Lipinski definition) is 6. The number of carbonyl (C=O) groups is 3. The number of benzene rings is 11. The molecule has 13 heteroatoms. The number of fused-ring (bicyclic) bond motifs is 10. The summed E-state index contributed by atoms with van der Waals surface area (Å²) < 4.78 is 22.4. The summed E-state index contributed by atoms with van der Waals surface area (Å²) in [6.45, 7) is 36.6. The van der Waals surface area contributed by atoms with E-state index in [1.807, 2.05) is 166 Å². The molecule has 11 aromatic rings. The lowest BCUT2D eigenvalue weighted by Crippen LogP contribution is -2.33. The highest BCUT2D eigenvalue weighted by atomic mass is 16.6. The van der Waals surface area contributed by atoms with E-state index in [9.17, 15) is 39.9 Å². The number of esters is 3. The molecule has 0 radical (unpaired) electrons. The topological polar surface area (TPSA) is 210 Å². The molecule has 0 atom stereocenters. The van der Waals surface area contributed by atoms with E-state index >= 15 is 0 Å². The normalized spacial score (nSPS) is 12.7. The number of aromatic hydroxyl groups is 6. The smallest absolute Gasteiger partial charge is 0.344 e. The molecule has 1 saturated carbocycles. The summed E-state index contributed by atoms with van der Waals surface area (Å²) in [5, 5.41) is 59.5. The minimum atomic E-state index is -1.17. The fraction of sp³-hybridized carbons (Fsp3) is 0.316. The Morgan fingerprint density at radius 2 is 0.856 bits per heavy atom. The Morgan fingerprint density at radius 3 is 1.30 bits per heavy atom. The molecular weight excluding hydrogens is 1390 g/mol. The largest absolute Gasteiger partial charge is 0.508 e. The molecule has 15 rings (SSSR count). The highest BCUT2D eigenvalue weighted by molar-refractivity contribution is 5.97. The Labute approximate surface area is 661 Å². The Kier molecular flexibility index (Phi) is 38.9. The number of phenolic OH excluding ortho intramolecular Hbond substituents is 6. The molecule has 0 unspecified atom stereocenters. The van der Waals surface area contributed by atoms with Crippen LogP contribution in [-0.4, -0.2) is 60.8 Å². The summed E-state index contributed by atoms with van der Waals surface area (Å²) in [5.74, 6) is 1.05. The number of aryl methyl sites for hydroxylation is 1. The van der Waals surface area contributed by atoms with Gasteiger partial charge < -0.3 is 49.6 Å². The van der Waals surface area contributed by atoms with Gasteiger partial charge in [0.15, 0.2) is 12.2 Å². The minimum absolute atomic E-state index is 0.0371. The molecule has 6 N–H and O–H groups in total. The highest BCUT2D eigenvalue weighted by Crippen LogP contribution is 2.58. The van der Waals surface area contributed by atoms with E-state index in [-0.39, 0.29) is 35.2 Å². The first-order valence-corrected chi connectivity index (χ1v) is 39.5. The Morgan fingerprint density at radius 1 is 0.441 bits per heavy atom. The Bertz CT molecular complexity index is 4420. The molecule has 0 amide bonds. The van der Waals surface area contributed by atoms with Crippen LogP contribution in [0.15, 0.2) is 249 Å². The van der Waals surface area contributed by atoms with E-state index in [1.165, 1.54) is 65.8 Å². The van der Waals surface area contributed by atoms with Gasteiger partial charge in [0.1, 0.15) is 51.6 Å². The van der Waals surface area contributed by atoms with Crippen LogP contribution in [0.2, 0.25) is 0 Å². The Hall–Kier alpha value is -11.3. The predicted octanol–water partition coefficient (Wildman–Crippen LogP) is 26.0. The highest BCUT2D eigenvalue weighted by Gasteiger charge is 2.54. The van der Waals surface area contributed by atoms with Crippen molar-refractivity contribution in [1.29, 1.82) is 0 Å². The van der Waals surface area contributed by atoms with Crippen LogP contribution in [0.1, 0.15) is 246 Å². The first kappa shape index (κ1) is 92.1. The average Bonchev–Trinajstić information content (AvgIpc) is 1.59. The summed E-state index contributed by atoms with van der Waals surface area (Å²) in [5.41, 5.74) is 10.2. The second-order valence-electron chi connectivity index (χ2n) is 26.0. The predicted molar refractivity (Wildman–Crippen MR) is 455 cm³/mol. The van der Waals surface area contributed by atoms with Gasteiger partial charge in [-0.1, -0.05) is 289 Å². The number of ether oxygens (including phenoxy) is 4. The molecular formula is C98H120O13. The number of rotatable bonds is 8. The van der Waals surface area contributed by atoms with Crippen molar-refractivity contribution in [2.75, 3.05) is 6.61 Å². The van der Waals surface area contributed by atoms with Crippen molar-refractivity contribution in [3.8, 4) is 57.1 Å². The van der Waals surface area contributed by atoms with Crippen molar-refractivity contribution in [2.24, 2.45) is 0 Å². The van der Waals surface area contributed by atoms with Gasteiger partial charge in [-0.05, 0) is 180 Å². The Balaban J connectivity index is 0.000000289. The number of carbonyl (C=O) groups excluding carboxylic acids is 3. The van der Waals surface area contributed by atoms with Crippen LogP contribution in [0.25, 0.3) is 21.9 Å². The first-order valence-electron chi connectivity index (χ1n) is 39.5. The SMILES string of the molecule is CC.CC.CC.CC.CCC.CCC.CCC.CCC1(OC(=O)COC(=O)c2ccc(C(C)C)cc2)CCCC1.Cc1cccc(O)c1.O=C1OC2(c3ccc(O)cc3Oc3cc(O)ccc32)c2ccccc21.Oc1ccc(C2(c3ccc(O)cc3)c3ccccc3-c3ccccc32)cc1.Oc1cccc2ccccc12. The van der Waals surface area contributed by atoms with Crippen molar-refractivity contribution in [3.05, 3.63) is 310 Å². The summed E-state index contributed by atoms with van der Waals surface area (Å²) in [4.78, 5) is 36.5. The van der Waals surface area contributed by atoms with E-state index < -0.39 is 28.9 Å². The molecule has 2 heterocycles. The van der Waals surface area contributed by atoms with E-state index in [1.54, 1.807) is 78.9 Å². The van der Waals surface area contributed by atoms with E-state index in [4.69, 9.17) is 24.1 Å².